The Morgan fingerprint density at radius 3 is 2.68 bits per heavy atom. The lowest BCUT2D eigenvalue weighted by molar-refractivity contribution is 0.600. The Morgan fingerprint density at radius 2 is 1.95 bits per heavy atom. The van der Waals surface area contributed by atoms with E-state index in [1.807, 2.05) is 24.3 Å². The van der Waals surface area contributed by atoms with Gasteiger partial charge in [0, 0.05) is 29.6 Å². The molecule has 1 aromatic carbocycles. The van der Waals surface area contributed by atoms with Crippen LogP contribution in [0.1, 0.15) is 0 Å². The van der Waals surface area contributed by atoms with Gasteiger partial charge in [-0.25, -0.2) is 8.42 Å². The second kappa shape index (κ2) is 4.36. The summed E-state index contributed by atoms with van der Waals surface area (Å²) in [5, 5.41) is 10.3. The van der Waals surface area contributed by atoms with Crippen molar-refractivity contribution in [1.29, 1.82) is 0 Å². The molecule has 0 saturated carbocycles. The molecule has 0 bridgehead atoms. The van der Waals surface area contributed by atoms with E-state index in [1.165, 1.54) is 0 Å². The second-order valence-electron chi connectivity index (χ2n) is 4.08. The van der Waals surface area contributed by atoms with Gasteiger partial charge in [0.25, 0.3) is 0 Å². The third kappa shape index (κ3) is 2.34. The van der Waals surface area contributed by atoms with Crippen LogP contribution in [-0.2, 0) is 9.84 Å². The van der Waals surface area contributed by atoms with Gasteiger partial charge in [0.1, 0.15) is 5.01 Å². The van der Waals surface area contributed by atoms with Gasteiger partial charge in [0.05, 0.1) is 0 Å². The van der Waals surface area contributed by atoms with Gasteiger partial charge in [-0.3, -0.25) is 4.98 Å². The molecule has 0 saturated heterocycles. The lowest BCUT2D eigenvalue weighted by Crippen LogP contribution is -1.95. The van der Waals surface area contributed by atoms with Crippen molar-refractivity contribution in [2.24, 2.45) is 0 Å². The summed E-state index contributed by atoms with van der Waals surface area (Å²) in [4.78, 5) is 4.05. The molecule has 0 N–H and O–H groups in total. The fraction of sp³-hybridized carbons (Fsp3) is 0.0833. The topological polar surface area (TPSA) is 72.8 Å². The zero-order valence-corrected chi connectivity index (χ0v) is 11.6. The van der Waals surface area contributed by atoms with Crippen LogP contribution >= 0.6 is 11.3 Å². The Hall–Kier alpha value is -1.86. The van der Waals surface area contributed by atoms with Gasteiger partial charge >= 0.3 is 0 Å². The van der Waals surface area contributed by atoms with Gasteiger partial charge in [0.15, 0.2) is 0 Å². The summed E-state index contributed by atoms with van der Waals surface area (Å²) in [7, 11) is -3.30. The van der Waals surface area contributed by atoms with E-state index < -0.39 is 9.84 Å². The van der Waals surface area contributed by atoms with E-state index in [9.17, 15) is 8.42 Å². The molecule has 0 aliphatic heterocycles. The number of hydrogen-bond acceptors (Lipinski definition) is 6. The summed E-state index contributed by atoms with van der Waals surface area (Å²) in [6.07, 6.45) is 4.62. The van der Waals surface area contributed by atoms with Gasteiger partial charge in [0.2, 0.25) is 14.2 Å². The number of hydrogen-bond donors (Lipinski definition) is 0. The van der Waals surface area contributed by atoms with Crippen molar-refractivity contribution in [3.63, 3.8) is 0 Å². The Kier molecular flexibility index (Phi) is 2.79. The Morgan fingerprint density at radius 1 is 1.11 bits per heavy atom. The molecule has 0 amide bonds. The van der Waals surface area contributed by atoms with Crippen molar-refractivity contribution < 1.29 is 8.42 Å². The summed E-state index contributed by atoms with van der Waals surface area (Å²) >= 11 is 1.08. The van der Waals surface area contributed by atoms with Gasteiger partial charge in [-0.2, -0.15) is 0 Å². The van der Waals surface area contributed by atoms with Crippen LogP contribution in [0.3, 0.4) is 0 Å². The predicted molar refractivity (Wildman–Crippen MR) is 73.8 cm³/mol. The fourth-order valence-corrected chi connectivity index (χ4v) is 3.30. The van der Waals surface area contributed by atoms with E-state index in [-0.39, 0.29) is 4.34 Å². The maximum Gasteiger partial charge on any atom is 0.232 e. The van der Waals surface area contributed by atoms with E-state index >= 15 is 0 Å². The standard InChI is InChI=1S/C12H9N3O2S2/c1-19(16,17)12-15-14-11(18-12)9-2-3-10-7-13-5-4-8(10)6-9/h2-7H,1H3. The lowest BCUT2D eigenvalue weighted by Gasteiger charge is -1.99. The fourth-order valence-electron chi connectivity index (χ4n) is 1.69. The number of aromatic nitrogens is 3. The molecule has 2 heterocycles. The second-order valence-corrected chi connectivity index (χ2v) is 7.25. The number of sulfone groups is 1. The third-order valence-corrected chi connectivity index (χ3v) is 5.25. The monoisotopic (exact) mass is 291 g/mol. The molecule has 0 spiro atoms. The Bertz CT molecular complexity index is 856. The zero-order chi connectivity index (χ0) is 13.5. The van der Waals surface area contributed by atoms with Crippen molar-refractivity contribution in [2.45, 2.75) is 4.34 Å². The van der Waals surface area contributed by atoms with E-state index in [2.05, 4.69) is 15.2 Å². The highest BCUT2D eigenvalue weighted by molar-refractivity contribution is 7.92. The molecule has 0 atom stereocenters. The van der Waals surface area contributed by atoms with Crippen molar-refractivity contribution >= 4 is 31.9 Å². The number of benzene rings is 1. The van der Waals surface area contributed by atoms with Crippen molar-refractivity contribution in [2.75, 3.05) is 6.26 Å². The number of nitrogens with zero attached hydrogens (tertiary/aromatic N) is 3. The normalized spacial score (nSPS) is 11.8. The molecule has 7 heteroatoms. The average molecular weight is 291 g/mol. The molecule has 96 valence electrons. The van der Waals surface area contributed by atoms with Gasteiger partial charge in [-0.05, 0) is 17.5 Å². The molecule has 0 aliphatic carbocycles. The first-order chi connectivity index (χ1) is 9.04. The van der Waals surface area contributed by atoms with Crippen LogP contribution in [0.4, 0.5) is 0 Å². The summed E-state index contributed by atoms with van der Waals surface area (Å²) in [6.45, 7) is 0. The number of pyridine rings is 1. The van der Waals surface area contributed by atoms with Gasteiger partial charge in [-0.15, -0.1) is 10.2 Å². The molecule has 0 fully saturated rings. The van der Waals surface area contributed by atoms with Gasteiger partial charge < -0.3 is 0 Å². The number of fused-ring (bicyclic) bond motifs is 1. The molecule has 5 nitrogen and oxygen atoms in total. The van der Waals surface area contributed by atoms with Crippen molar-refractivity contribution in [1.82, 2.24) is 15.2 Å². The highest BCUT2D eigenvalue weighted by Crippen LogP contribution is 2.28. The first-order valence-corrected chi connectivity index (χ1v) is 8.12. The summed E-state index contributed by atoms with van der Waals surface area (Å²) in [5.74, 6) is 0. The maximum absolute atomic E-state index is 11.4. The van der Waals surface area contributed by atoms with E-state index in [0.717, 1.165) is 33.9 Å². The SMILES string of the molecule is CS(=O)(=O)c1nnc(-c2ccc3cnccc3c2)s1. The van der Waals surface area contributed by atoms with Crippen molar-refractivity contribution in [3.05, 3.63) is 36.7 Å². The largest absolute Gasteiger partial charge is 0.264 e. The zero-order valence-electron chi connectivity index (χ0n) is 9.94. The summed E-state index contributed by atoms with van der Waals surface area (Å²) in [5.41, 5.74) is 0.853. The van der Waals surface area contributed by atoms with E-state index in [1.54, 1.807) is 12.4 Å². The lowest BCUT2D eigenvalue weighted by atomic mass is 10.1. The molecular formula is C12H9N3O2S2. The highest BCUT2D eigenvalue weighted by Gasteiger charge is 2.15. The molecular weight excluding hydrogens is 282 g/mol. The van der Waals surface area contributed by atoms with E-state index in [0.29, 0.717) is 5.01 Å². The first-order valence-electron chi connectivity index (χ1n) is 5.42. The van der Waals surface area contributed by atoms with Crippen LogP contribution in [0.25, 0.3) is 21.3 Å². The third-order valence-electron chi connectivity index (χ3n) is 2.61. The first kappa shape index (κ1) is 12.2. The minimum absolute atomic E-state index is 0.0392. The van der Waals surface area contributed by atoms with Gasteiger partial charge in [-0.1, -0.05) is 23.5 Å². The molecule has 3 aromatic rings. The minimum atomic E-state index is -3.30. The maximum atomic E-state index is 11.4. The van der Waals surface area contributed by atoms with Crippen LogP contribution in [-0.4, -0.2) is 29.9 Å². The predicted octanol–water partition coefficient (Wildman–Crippen LogP) is 2.16. The minimum Gasteiger partial charge on any atom is -0.264 e. The highest BCUT2D eigenvalue weighted by atomic mass is 32.2. The Balaban J connectivity index is 2.11. The molecule has 0 radical (unpaired) electrons. The molecule has 0 unspecified atom stereocenters. The summed E-state index contributed by atoms with van der Waals surface area (Å²) < 4.78 is 22.8. The number of rotatable bonds is 2. The Labute approximate surface area is 113 Å². The summed E-state index contributed by atoms with van der Waals surface area (Å²) in [6, 6.07) is 7.66. The van der Waals surface area contributed by atoms with Crippen LogP contribution in [0.5, 0.6) is 0 Å². The van der Waals surface area contributed by atoms with Crippen LogP contribution in [0.15, 0.2) is 41.0 Å². The van der Waals surface area contributed by atoms with Crippen LogP contribution in [0, 0.1) is 0 Å². The van der Waals surface area contributed by atoms with Crippen LogP contribution < -0.4 is 0 Å². The smallest absolute Gasteiger partial charge is 0.232 e. The van der Waals surface area contributed by atoms with Crippen LogP contribution in [0.2, 0.25) is 0 Å². The average Bonchev–Trinajstić information content (AvgIpc) is 2.87. The molecule has 3 rings (SSSR count). The molecule has 0 aliphatic rings. The van der Waals surface area contributed by atoms with Crippen molar-refractivity contribution in [3.8, 4) is 10.6 Å². The quantitative estimate of drug-likeness (QED) is 0.723. The van der Waals surface area contributed by atoms with E-state index in [4.69, 9.17) is 0 Å². The molecule has 2 aromatic heterocycles. The molecule has 19 heavy (non-hydrogen) atoms.